The van der Waals surface area contributed by atoms with Gasteiger partial charge < -0.3 is 5.32 Å². The van der Waals surface area contributed by atoms with Crippen LogP contribution in [-0.4, -0.2) is 36.7 Å². The van der Waals surface area contributed by atoms with E-state index in [2.05, 4.69) is 10.3 Å². The lowest BCUT2D eigenvalue weighted by Gasteiger charge is -2.22. The molecule has 3 aromatic rings. The van der Waals surface area contributed by atoms with Crippen LogP contribution in [0.5, 0.6) is 0 Å². The van der Waals surface area contributed by atoms with E-state index >= 15 is 0 Å². The molecule has 0 bridgehead atoms. The number of pyridine rings is 1. The number of rotatable bonds is 7. The topological polar surface area (TPSA) is 79.4 Å². The van der Waals surface area contributed by atoms with Gasteiger partial charge in [0.25, 0.3) is 0 Å². The first-order valence-corrected chi connectivity index (χ1v) is 11.0. The first-order valence-electron chi connectivity index (χ1n) is 9.53. The predicted octanol–water partition coefficient (Wildman–Crippen LogP) is 3.89. The van der Waals surface area contributed by atoms with Crippen molar-refractivity contribution in [3.8, 4) is 0 Å². The summed E-state index contributed by atoms with van der Waals surface area (Å²) in [6.45, 7) is 5.74. The number of nitrogens with one attached hydrogen (secondary N) is 1. The molecule has 7 heteroatoms. The van der Waals surface area contributed by atoms with Crippen LogP contribution in [-0.2, 0) is 14.8 Å². The number of anilines is 1. The Kier molecular flexibility index (Phi) is 6.30. The van der Waals surface area contributed by atoms with Crippen LogP contribution < -0.4 is 5.32 Å². The van der Waals surface area contributed by atoms with Crippen molar-refractivity contribution in [1.29, 1.82) is 0 Å². The molecule has 0 atom stereocenters. The van der Waals surface area contributed by atoms with E-state index in [1.807, 2.05) is 45.0 Å². The van der Waals surface area contributed by atoms with Crippen LogP contribution in [0.25, 0.3) is 10.8 Å². The Balaban J connectivity index is 1.90. The number of carbonyl (C=O) groups excluding carboxylic acids is 1. The van der Waals surface area contributed by atoms with Crippen molar-refractivity contribution in [2.45, 2.75) is 32.1 Å². The smallest absolute Gasteiger partial charge is 0.244 e. The highest BCUT2D eigenvalue weighted by Gasteiger charge is 2.27. The summed E-state index contributed by atoms with van der Waals surface area (Å²) in [7, 11) is -3.85. The Morgan fingerprint density at radius 2 is 1.93 bits per heavy atom. The third kappa shape index (κ3) is 4.63. The van der Waals surface area contributed by atoms with Crippen molar-refractivity contribution in [2.24, 2.45) is 0 Å². The molecule has 2 aromatic carbocycles. The summed E-state index contributed by atoms with van der Waals surface area (Å²) in [5, 5.41) is 4.18. The highest BCUT2D eigenvalue weighted by molar-refractivity contribution is 7.89. The Morgan fingerprint density at radius 1 is 1.14 bits per heavy atom. The maximum Gasteiger partial charge on any atom is 0.244 e. The second-order valence-corrected chi connectivity index (χ2v) is 8.96. The zero-order valence-electron chi connectivity index (χ0n) is 16.8. The molecule has 0 spiro atoms. The first-order chi connectivity index (χ1) is 13.8. The fourth-order valence-corrected chi connectivity index (χ4v) is 4.91. The normalized spacial score (nSPS) is 11.7. The summed E-state index contributed by atoms with van der Waals surface area (Å²) in [5.74, 6) is -0.363. The molecule has 29 heavy (non-hydrogen) atoms. The van der Waals surface area contributed by atoms with Crippen LogP contribution >= 0.6 is 0 Å². The van der Waals surface area contributed by atoms with Gasteiger partial charge in [0, 0.05) is 35.4 Å². The number of nitrogens with zero attached hydrogens (tertiary/aromatic N) is 2. The molecule has 0 saturated heterocycles. The van der Waals surface area contributed by atoms with Crippen molar-refractivity contribution >= 4 is 32.4 Å². The molecule has 0 fully saturated rings. The molecule has 0 unspecified atom stereocenters. The Hall–Kier alpha value is -2.77. The third-order valence-corrected chi connectivity index (χ3v) is 6.62. The molecule has 152 valence electrons. The van der Waals surface area contributed by atoms with E-state index in [4.69, 9.17) is 0 Å². The number of hydrogen-bond acceptors (Lipinski definition) is 4. The fourth-order valence-electron chi connectivity index (χ4n) is 3.21. The zero-order chi connectivity index (χ0) is 21.0. The number of aromatic nitrogens is 1. The van der Waals surface area contributed by atoms with Crippen molar-refractivity contribution in [1.82, 2.24) is 9.29 Å². The standard InChI is InChI=1S/C22H25N3O3S/c1-4-12-25(15-22(26)24-20-13-16(2)8-9-17(20)3)29(27,28)21-7-5-6-18-14-23-11-10-19(18)21/h5-11,13-14H,4,12,15H2,1-3H3,(H,24,26). The van der Waals surface area contributed by atoms with E-state index in [1.54, 1.807) is 30.6 Å². The summed E-state index contributed by atoms with van der Waals surface area (Å²) in [4.78, 5) is 16.9. The number of sulfonamides is 1. The lowest BCUT2D eigenvalue weighted by molar-refractivity contribution is -0.116. The van der Waals surface area contributed by atoms with Crippen LogP contribution in [0.1, 0.15) is 24.5 Å². The van der Waals surface area contributed by atoms with Crippen LogP contribution in [0.3, 0.4) is 0 Å². The van der Waals surface area contributed by atoms with Gasteiger partial charge in [0.05, 0.1) is 11.4 Å². The van der Waals surface area contributed by atoms with Crippen LogP contribution in [0.2, 0.25) is 0 Å². The van der Waals surface area contributed by atoms with E-state index < -0.39 is 10.0 Å². The molecule has 0 aliphatic carbocycles. The SMILES string of the molecule is CCCN(CC(=O)Nc1cc(C)ccc1C)S(=O)(=O)c1cccc2cnccc12. The molecule has 0 aliphatic rings. The van der Waals surface area contributed by atoms with Gasteiger partial charge in [0.1, 0.15) is 0 Å². The molecule has 1 amide bonds. The van der Waals surface area contributed by atoms with Crippen molar-refractivity contribution < 1.29 is 13.2 Å². The Morgan fingerprint density at radius 3 is 2.69 bits per heavy atom. The van der Waals surface area contributed by atoms with E-state index in [0.717, 1.165) is 16.5 Å². The van der Waals surface area contributed by atoms with Gasteiger partial charge in [0.15, 0.2) is 0 Å². The zero-order valence-corrected chi connectivity index (χ0v) is 17.7. The minimum atomic E-state index is -3.85. The number of aryl methyl sites for hydroxylation is 2. The quantitative estimate of drug-likeness (QED) is 0.640. The molecule has 3 rings (SSSR count). The maximum atomic E-state index is 13.4. The van der Waals surface area contributed by atoms with Gasteiger partial charge in [0.2, 0.25) is 15.9 Å². The molecule has 0 aliphatic heterocycles. The Bertz CT molecular complexity index is 1140. The predicted molar refractivity (Wildman–Crippen MR) is 115 cm³/mol. The fraction of sp³-hybridized carbons (Fsp3) is 0.273. The van der Waals surface area contributed by atoms with E-state index in [-0.39, 0.29) is 23.9 Å². The highest BCUT2D eigenvalue weighted by atomic mass is 32.2. The minimum absolute atomic E-state index is 0.186. The van der Waals surface area contributed by atoms with Gasteiger partial charge in [-0.1, -0.05) is 31.2 Å². The van der Waals surface area contributed by atoms with Crippen LogP contribution in [0, 0.1) is 13.8 Å². The molecule has 1 heterocycles. The summed E-state index contributed by atoms with van der Waals surface area (Å²) < 4.78 is 28.0. The largest absolute Gasteiger partial charge is 0.325 e. The van der Waals surface area contributed by atoms with Crippen molar-refractivity contribution in [2.75, 3.05) is 18.4 Å². The number of benzene rings is 2. The number of hydrogen-bond donors (Lipinski definition) is 1. The third-order valence-electron chi connectivity index (χ3n) is 4.72. The summed E-state index contributed by atoms with van der Waals surface area (Å²) in [6.07, 6.45) is 3.80. The van der Waals surface area contributed by atoms with Gasteiger partial charge in [-0.15, -0.1) is 0 Å². The first kappa shape index (κ1) is 21.0. The van der Waals surface area contributed by atoms with E-state index in [9.17, 15) is 13.2 Å². The summed E-state index contributed by atoms with van der Waals surface area (Å²) in [5.41, 5.74) is 2.64. The van der Waals surface area contributed by atoms with Crippen molar-refractivity contribution in [3.05, 3.63) is 66.0 Å². The summed E-state index contributed by atoms with van der Waals surface area (Å²) >= 11 is 0. The summed E-state index contributed by atoms with van der Waals surface area (Å²) in [6, 6.07) is 12.5. The number of amides is 1. The Labute approximate surface area is 171 Å². The lowest BCUT2D eigenvalue weighted by Crippen LogP contribution is -2.38. The van der Waals surface area contributed by atoms with Gasteiger partial charge in [-0.2, -0.15) is 4.31 Å². The second kappa shape index (κ2) is 8.71. The highest BCUT2D eigenvalue weighted by Crippen LogP contribution is 2.25. The average molecular weight is 412 g/mol. The van der Waals surface area contributed by atoms with Crippen LogP contribution in [0.15, 0.2) is 59.8 Å². The van der Waals surface area contributed by atoms with Gasteiger partial charge >= 0.3 is 0 Å². The van der Waals surface area contributed by atoms with E-state index in [1.165, 1.54) is 4.31 Å². The number of carbonyl (C=O) groups is 1. The second-order valence-electron chi connectivity index (χ2n) is 7.06. The molecule has 1 aromatic heterocycles. The average Bonchev–Trinajstić information content (AvgIpc) is 2.70. The molecule has 0 saturated carbocycles. The molecule has 1 N–H and O–H groups in total. The molecule has 0 radical (unpaired) electrons. The van der Waals surface area contributed by atoms with Gasteiger partial charge in [-0.3, -0.25) is 9.78 Å². The minimum Gasteiger partial charge on any atom is -0.325 e. The van der Waals surface area contributed by atoms with Gasteiger partial charge in [-0.05, 0) is 49.6 Å². The van der Waals surface area contributed by atoms with Crippen LogP contribution in [0.4, 0.5) is 5.69 Å². The molecular weight excluding hydrogens is 386 g/mol. The molecule has 6 nitrogen and oxygen atoms in total. The maximum absolute atomic E-state index is 13.4. The van der Waals surface area contributed by atoms with Gasteiger partial charge in [-0.25, -0.2) is 8.42 Å². The van der Waals surface area contributed by atoms with E-state index in [0.29, 0.717) is 17.5 Å². The lowest BCUT2D eigenvalue weighted by atomic mass is 10.1. The molecular formula is C22H25N3O3S. The van der Waals surface area contributed by atoms with Crippen molar-refractivity contribution in [3.63, 3.8) is 0 Å². The monoisotopic (exact) mass is 411 g/mol. The number of fused-ring (bicyclic) bond motifs is 1.